The first-order valence-corrected chi connectivity index (χ1v) is 9.00. The summed E-state index contributed by atoms with van der Waals surface area (Å²) in [4.78, 5) is 14.9. The average molecular weight is 379 g/mol. The predicted octanol–water partition coefficient (Wildman–Crippen LogP) is 2.75. The highest BCUT2D eigenvalue weighted by Gasteiger charge is 2.32. The highest BCUT2D eigenvalue weighted by molar-refractivity contribution is 5.94. The summed E-state index contributed by atoms with van der Waals surface area (Å²) in [5, 5.41) is 7.91. The molecule has 2 aromatic rings. The molecule has 1 atom stereocenters. The van der Waals surface area contributed by atoms with E-state index in [1.165, 1.54) is 12.1 Å². The Morgan fingerprint density at radius 2 is 1.96 bits per heavy atom. The van der Waals surface area contributed by atoms with E-state index in [-0.39, 0.29) is 24.1 Å². The van der Waals surface area contributed by atoms with Crippen molar-refractivity contribution in [3.63, 3.8) is 0 Å². The third-order valence-electron chi connectivity index (χ3n) is 5.34. The molecule has 1 fully saturated rings. The monoisotopic (exact) mass is 378 g/mol. The van der Waals surface area contributed by atoms with Gasteiger partial charge in [-0.15, -0.1) is 12.4 Å². The molecule has 1 aromatic carbocycles. The third-order valence-corrected chi connectivity index (χ3v) is 5.34. The van der Waals surface area contributed by atoms with Crippen LogP contribution in [0.4, 0.5) is 4.39 Å². The summed E-state index contributed by atoms with van der Waals surface area (Å²) in [7, 11) is 1.93. The number of rotatable bonds is 3. The summed E-state index contributed by atoms with van der Waals surface area (Å²) >= 11 is 0. The quantitative estimate of drug-likeness (QED) is 0.893. The minimum Gasteiger partial charge on any atom is -0.336 e. The molecule has 5 nitrogen and oxygen atoms in total. The van der Waals surface area contributed by atoms with Gasteiger partial charge in [0.25, 0.3) is 5.91 Å². The van der Waals surface area contributed by atoms with Crippen LogP contribution < -0.4 is 5.32 Å². The Hall–Kier alpha value is -1.92. The van der Waals surface area contributed by atoms with Crippen molar-refractivity contribution in [1.29, 1.82) is 0 Å². The fourth-order valence-electron chi connectivity index (χ4n) is 3.90. The zero-order valence-corrected chi connectivity index (χ0v) is 15.7. The Morgan fingerprint density at radius 1 is 1.23 bits per heavy atom. The van der Waals surface area contributed by atoms with Crippen LogP contribution in [0.3, 0.4) is 0 Å². The fourth-order valence-corrected chi connectivity index (χ4v) is 3.90. The number of fused-ring (bicyclic) bond motifs is 1. The van der Waals surface area contributed by atoms with Gasteiger partial charge in [-0.1, -0.05) is 0 Å². The molecule has 1 amide bonds. The zero-order valence-electron chi connectivity index (χ0n) is 14.9. The van der Waals surface area contributed by atoms with Gasteiger partial charge in [0.15, 0.2) is 5.69 Å². The van der Waals surface area contributed by atoms with Crippen molar-refractivity contribution in [3.05, 3.63) is 47.0 Å². The van der Waals surface area contributed by atoms with Gasteiger partial charge < -0.3 is 10.2 Å². The van der Waals surface area contributed by atoms with E-state index in [2.05, 4.69) is 10.4 Å². The maximum Gasteiger partial charge on any atom is 0.274 e. The van der Waals surface area contributed by atoms with Gasteiger partial charge in [0, 0.05) is 30.4 Å². The first-order valence-electron chi connectivity index (χ1n) is 9.00. The van der Waals surface area contributed by atoms with Gasteiger partial charge in [-0.25, -0.2) is 9.07 Å². The highest BCUT2D eigenvalue weighted by atomic mass is 35.5. The van der Waals surface area contributed by atoms with Gasteiger partial charge in [0.2, 0.25) is 0 Å². The molecular weight excluding hydrogens is 355 g/mol. The molecule has 1 saturated heterocycles. The molecule has 26 heavy (non-hydrogen) atoms. The maximum atomic E-state index is 13.3. The first-order chi connectivity index (χ1) is 12.2. The van der Waals surface area contributed by atoms with Crippen LogP contribution in [0.5, 0.6) is 0 Å². The summed E-state index contributed by atoms with van der Waals surface area (Å²) in [6, 6.07) is 6.67. The molecule has 140 valence electrons. The Labute approximate surface area is 159 Å². The first kappa shape index (κ1) is 18.9. The van der Waals surface area contributed by atoms with E-state index in [9.17, 15) is 9.18 Å². The minimum absolute atomic E-state index is 0. The second kappa shape index (κ2) is 7.76. The van der Waals surface area contributed by atoms with Crippen molar-refractivity contribution in [3.8, 4) is 5.69 Å². The SMILES string of the molecule is CNC1CCN(C(=O)c2nn(-c3ccc(F)cc3)c3c2CCCC3)C1.Cl. The van der Waals surface area contributed by atoms with Gasteiger partial charge in [-0.3, -0.25) is 4.79 Å². The largest absolute Gasteiger partial charge is 0.336 e. The van der Waals surface area contributed by atoms with E-state index in [0.717, 1.165) is 62.1 Å². The van der Waals surface area contributed by atoms with Crippen LogP contribution in [-0.2, 0) is 12.8 Å². The lowest BCUT2D eigenvalue weighted by atomic mass is 9.95. The van der Waals surface area contributed by atoms with Crippen LogP contribution in [0.15, 0.2) is 24.3 Å². The van der Waals surface area contributed by atoms with Crippen molar-refractivity contribution >= 4 is 18.3 Å². The fraction of sp³-hybridized carbons (Fsp3) is 0.474. The molecule has 0 radical (unpaired) electrons. The number of benzene rings is 1. The average Bonchev–Trinajstić information content (AvgIpc) is 3.27. The molecule has 7 heteroatoms. The number of hydrogen-bond donors (Lipinski definition) is 1. The van der Waals surface area contributed by atoms with Gasteiger partial charge in [-0.2, -0.15) is 5.10 Å². The molecule has 1 aliphatic carbocycles. The van der Waals surface area contributed by atoms with Crippen LogP contribution in [0, 0.1) is 5.82 Å². The Morgan fingerprint density at radius 3 is 2.65 bits per heavy atom. The molecule has 2 heterocycles. The number of amides is 1. The third kappa shape index (κ3) is 3.35. The van der Waals surface area contributed by atoms with Crippen LogP contribution >= 0.6 is 12.4 Å². The smallest absolute Gasteiger partial charge is 0.274 e. The van der Waals surface area contributed by atoms with E-state index < -0.39 is 0 Å². The number of likely N-dealkylation sites (tertiary alicyclic amines) is 1. The Kier molecular flexibility index (Phi) is 5.63. The van der Waals surface area contributed by atoms with Crippen LogP contribution in [0.1, 0.15) is 41.0 Å². The molecule has 1 aromatic heterocycles. The topological polar surface area (TPSA) is 50.2 Å². The van der Waals surface area contributed by atoms with Crippen LogP contribution in [0.2, 0.25) is 0 Å². The molecule has 1 N–H and O–H groups in total. The highest BCUT2D eigenvalue weighted by Crippen LogP contribution is 2.28. The molecule has 1 unspecified atom stereocenters. The van der Waals surface area contributed by atoms with E-state index >= 15 is 0 Å². The van der Waals surface area contributed by atoms with Gasteiger partial charge in [0.1, 0.15) is 5.82 Å². The number of carbonyl (C=O) groups excluding carboxylic acids is 1. The number of nitrogens with zero attached hydrogens (tertiary/aromatic N) is 3. The predicted molar refractivity (Wildman–Crippen MR) is 101 cm³/mol. The van der Waals surface area contributed by atoms with Gasteiger partial charge in [-0.05, 0) is 63.4 Å². The van der Waals surface area contributed by atoms with E-state index in [1.54, 1.807) is 12.1 Å². The lowest BCUT2D eigenvalue weighted by Gasteiger charge is -2.17. The molecule has 2 aliphatic rings. The number of carbonyl (C=O) groups is 1. The van der Waals surface area contributed by atoms with Crippen LogP contribution in [-0.4, -0.2) is 46.8 Å². The number of aromatic nitrogens is 2. The summed E-state index contributed by atoms with van der Waals surface area (Å²) in [5.41, 5.74) is 3.57. The molecule has 0 saturated carbocycles. The van der Waals surface area contributed by atoms with Crippen molar-refractivity contribution < 1.29 is 9.18 Å². The van der Waals surface area contributed by atoms with Crippen molar-refractivity contribution in [2.24, 2.45) is 0 Å². The number of likely N-dealkylation sites (N-methyl/N-ethyl adjacent to an activating group) is 1. The normalized spacial score (nSPS) is 19.2. The van der Waals surface area contributed by atoms with E-state index in [1.807, 2.05) is 16.6 Å². The lowest BCUT2D eigenvalue weighted by molar-refractivity contribution is 0.0782. The second-order valence-corrected chi connectivity index (χ2v) is 6.89. The molecule has 4 rings (SSSR count). The maximum absolute atomic E-state index is 13.3. The number of hydrogen-bond acceptors (Lipinski definition) is 3. The van der Waals surface area contributed by atoms with Gasteiger partial charge in [0.05, 0.1) is 5.69 Å². The number of halogens is 2. The Bertz CT molecular complexity index is 790. The summed E-state index contributed by atoms with van der Waals surface area (Å²) in [6.07, 6.45) is 4.96. The lowest BCUT2D eigenvalue weighted by Crippen LogP contribution is -2.34. The molecule has 0 spiro atoms. The molecule has 0 bridgehead atoms. The summed E-state index contributed by atoms with van der Waals surface area (Å²) in [5.74, 6) is -0.243. The van der Waals surface area contributed by atoms with Crippen molar-refractivity contribution in [2.45, 2.75) is 38.1 Å². The van der Waals surface area contributed by atoms with Gasteiger partial charge >= 0.3 is 0 Å². The molecule has 1 aliphatic heterocycles. The Balaban J connectivity index is 0.00000196. The zero-order chi connectivity index (χ0) is 17.4. The minimum atomic E-state index is -0.267. The number of nitrogens with one attached hydrogen (secondary N) is 1. The van der Waals surface area contributed by atoms with Crippen LogP contribution in [0.25, 0.3) is 5.69 Å². The van der Waals surface area contributed by atoms with Crippen molar-refractivity contribution in [1.82, 2.24) is 20.0 Å². The standard InChI is InChI=1S/C19H23FN4O.ClH/c1-21-14-10-11-23(12-14)19(25)18-16-4-2-3-5-17(16)24(22-18)15-8-6-13(20)7-9-15;/h6-9,14,21H,2-5,10-12H2,1H3;1H. The van der Waals surface area contributed by atoms with Crippen molar-refractivity contribution in [2.75, 3.05) is 20.1 Å². The van der Waals surface area contributed by atoms with E-state index in [0.29, 0.717) is 11.7 Å². The summed E-state index contributed by atoms with van der Waals surface area (Å²) in [6.45, 7) is 1.50. The summed E-state index contributed by atoms with van der Waals surface area (Å²) < 4.78 is 15.1. The van der Waals surface area contributed by atoms with E-state index in [4.69, 9.17) is 0 Å². The second-order valence-electron chi connectivity index (χ2n) is 6.89. The molecular formula is C19H24ClFN4O.